The van der Waals surface area contributed by atoms with Gasteiger partial charge in [0, 0.05) is 12.5 Å². The summed E-state index contributed by atoms with van der Waals surface area (Å²) >= 11 is 0. The van der Waals surface area contributed by atoms with E-state index >= 15 is 0 Å². The van der Waals surface area contributed by atoms with Crippen molar-refractivity contribution in [2.24, 2.45) is 0 Å². The highest BCUT2D eigenvalue weighted by atomic mass is 32.2. The summed E-state index contributed by atoms with van der Waals surface area (Å²) in [6.45, 7) is 2.58. The first-order valence-corrected chi connectivity index (χ1v) is 7.22. The molecule has 0 saturated carbocycles. The maximum absolute atomic E-state index is 11.6. The van der Waals surface area contributed by atoms with Gasteiger partial charge in [-0.05, 0) is 0 Å². The van der Waals surface area contributed by atoms with Crippen molar-refractivity contribution in [3.63, 3.8) is 0 Å². The summed E-state index contributed by atoms with van der Waals surface area (Å²) in [6.07, 6.45) is -0.224. The van der Waals surface area contributed by atoms with Gasteiger partial charge in [-0.1, -0.05) is 6.58 Å². The van der Waals surface area contributed by atoms with E-state index < -0.39 is 46.1 Å². The van der Waals surface area contributed by atoms with E-state index in [2.05, 4.69) is 11.3 Å². The van der Waals surface area contributed by atoms with Crippen LogP contribution in [0.1, 0.15) is 6.42 Å². The van der Waals surface area contributed by atoms with Crippen LogP contribution in [0, 0.1) is 0 Å². The van der Waals surface area contributed by atoms with Crippen molar-refractivity contribution in [1.29, 1.82) is 0 Å². The fourth-order valence-electron chi connectivity index (χ4n) is 2.35. The van der Waals surface area contributed by atoms with Gasteiger partial charge < -0.3 is 18.4 Å². The van der Waals surface area contributed by atoms with E-state index in [1.807, 2.05) is 0 Å². The largest absolute Gasteiger partial charge is 0.451 e. The van der Waals surface area contributed by atoms with Gasteiger partial charge in [-0.15, -0.1) is 0 Å². The average Bonchev–Trinajstić information content (AvgIpc) is 3.00. The summed E-state index contributed by atoms with van der Waals surface area (Å²) < 4.78 is 42.9. The van der Waals surface area contributed by atoms with Crippen molar-refractivity contribution >= 4 is 22.1 Å². The van der Waals surface area contributed by atoms with E-state index in [9.17, 15) is 18.0 Å². The predicted octanol–water partition coefficient (Wildman–Crippen LogP) is -0.630. The average molecular weight is 302 g/mol. The van der Waals surface area contributed by atoms with E-state index in [4.69, 9.17) is 13.7 Å². The first-order valence-electron chi connectivity index (χ1n) is 5.75. The van der Waals surface area contributed by atoms with Crippen LogP contribution >= 0.6 is 0 Å². The van der Waals surface area contributed by atoms with Gasteiger partial charge in [-0.25, -0.2) is 9.59 Å². The molecule has 0 aliphatic carbocycles. The van der Waals surface area contributed by atoms with Crippen molar-refractivity contribution in [3.05, 3.63) is 24.2 Å². The lowest BCUT2D eigenvalue weighted by Crippen LogP contribution is -2.24. The first kappa shape index (κ1) is 13.1. The minimum atomic E-state index is -3.70. The first-order chi connectivity index (χ1) is 9.42. The van der Waals surface area contributed by atoms with Crippen molar-refractivity contribution in [2.45, 2.75) is 23.9 Å². The number of hydrogen-bond donors (Lipinski definition) is 0. The summed E-state index contributed by atoms with van der Waals surface area (Å²) in [4.78, 5) is 22.3. The normalized spacial score (nSPS) is 31.9. The van der Waals surface area contributed by atoms with Crippen molar-refractivity contribution in [1.82, 2.24) is 0 Å². The van der Waals surface area contributed by atoms with Crippen LogP contribution in [0.15, 0.2) is 24.2 Å². The van der Waals surface area contributed by atoms with Crippen molar-refractivity contribution in [3.8, 4) is 0 Å². The molecular weight excluding hydrogens is 292 g/mol. The smallest absolute Gasteiger partial charge is 0.349 e. The highest BCUT2D eigenvalue weighted by molar-refractivity contribution is 7.87. The Balaban J connectivity index is 1.70. The molecule has 0 radical (unpaired) electrons. The molecule has 2 bridgehead atoms. The molecule has 3 heterocycles. The van der Waals surface area contributed by atoms with Crippen LogP contribution < -0.4 is 0 Å². The van der Waals surface area contributed by atoms with Gasteiger partial charge in [0.25, 0.3) is 0 Å². The summed E-state index contributed by atoms with van der Waals surface area (Å²) in [7, 11) is -3.70. The number of fused-ring (bicyclic) bond motifs is 1. The van der Waals surface area contributed by atoms with Crippen LogP contribution in [0.5, 0.6) is 0 Å². The Kier molecular flexibility index (Phi) is 2.83. The Morgan fingerprint density at radius 1 is 1.45 bits per heavy atom. The van der Waals surface area contributed by atoms with Crippen LogP contribution in [0.2, 0.25) is 0 Å². The minimum absolute atomic E-state index is 0.0228. The minimum Gasteiger partial charge on any atom is -0.451 e. The van der Waals surface area contributed by atoms with E-state index in [0.29, 0.717) is 0 Å². The zero-order valence-electron chi connectivity index (χ0n) is 10.1. The Hall–Kier alpha value is -1.87. The maximum Gasteiger partial charge on any atom is 0.349 e. The molecule has 0 aromatic heterocycles. The van der Waals surface area contributed by atoms with Crippen molar-refractivity contribution in [2.75, 3.05) is 6.61 Å². The quantitative estimate of drug-likeness (QED) is 0.384. The second-order valence-corrected chi connectivity index (χ2v) is 6.17. The Morgan fingerprint density at radius 3 is 2.90 bits per heavy atom. The lowest BCUT2D eigenvalue weighted by atomic mass is 10.0. The standard InChI is InChI=1S/C11H10O8S/c1-2-7(12)16-4-8(13)18-9-5-3-6-10(17-5)11(9)19-20(6,14)15/h2,5-6,10H,1,3-4H2. The van der Waals surface area contributed by atoms with Crippen molar-refractivity contribution < 1.29 is 36.4 Å². The van der Waals surface area contributed by atoms with Crippen LogP contribution in [0.3, 0.4) is 0 Å². The lowest BCUT2D eigenvalue weighted by Gasteiger charge is -2.11. The fraction of sp³-hybridized carbons (Fsp3) is 0.455. The SMILES string of the molecule is C=CC(=O)OCC(=O)OC1=C2OS(=O)(=O)C3CC1OC23. The van der Waals surface area contributed by atoms with Gasteiger partial charge in [0.2, 0.25) is 0 Å². The molecule has 2 saturated heterocycles. The number of rotatable bonds is 4. The van der Waals surface area contributed by atoms with Crippen LogP contribution in [0.25, 0.3) is 0 Å². The third kappa shape index (κ3) is 1.90. The lowest BCUT2D eigenvalue weighted by molar-refractivity contribution is -0.154. The second-order valence-electron chi connectivity index (χ2n) is 4.41. The zero-order chi connectivity index (χ0) is 14.5. The molecule has 0 spiro atoms. The second kappa shape index (κ2) is 4.32. The molecular formula is C11H10O8S. The molecule has 3 atom stereocenters. The fourth-order valence-corrected chi connectivity index (χ4v) is 3.81. The Morgan fingerprint density at radius 2 is 2.20 bits per heavy atom. The van der Waals surface area contributed by atoms with E-state index in [0.717, 1.165) is 6.08 Å². The van der Waals surface area contributed by atoms with E-state index in [1.54, 1.807) is 0 Å². The molecule has 0 aromatic carbocycles. The maximum atomic E-state index is 11.6. The topological polar surface area (TPSA) is 105 Å². The molecule has 9 heteroatoms. The van der Waals surface area contributed by atoms with Gasteiger partial charge in [0.05, 0.1) is 0 Å². The van der Waals surface area contributed by atoms with Crippen LogP contribution in [-0.2, 0) is 38.1 Å². The summed E-state index contributed by atoms with van der Waals surface area (Å²) in [5, 5.41) is -0.733. The highest BCUT2D eigenvalue weighted by Gasteiger charge is 2.62. The van der Waals surface area contributed by atoms with Gasteiger partial charge in [0.15, 0.2) is 18.1 Å². The van der Waals surface area contributed by atoms with Gasteiger partial charge in [-0.2, -0.15) is 8.42 Å². The summed E-state index contributed by atoms with van der Waals surface area (Å²) in [5.74, 6) is -1.53. The molecule has 0 N–H and O–H groups in total. The number of esters is 2. The highest BCUT2D eigenvalue weighted by Crippen LogP contribution is 2.49. The third-order valence-corrected chi connectivity index (χ3v) is 4.78. The Labute approximate surface area is 114 Å². The third-order valence-electron chi connectivity index (χ3n) is 3.19. The molecule has 3 unspecified atom stereocenters. The molecule has 8 nitrogen and oxygen atoms in total. The molecule has 108 valence electrons. The molecule has 3 rings (SSSR count). The Bertz CT molecular complexity index is 631. The van der Waals surface area contributed by atoms with Crippen LogP contribution in [0.4, 0.5) is 0 Å². The molecule has 0 amide bonds. The van der Waals surface area contributed by atoms with Gasteiger partial charge in [0.1, 0.15) is 17.5 Å². The molecule has 0 aromatic rings. The van der Waals surface area contributed by atoms with Crippen LogP contribution in [-0.4, -0.2) is 44.4 Å². The molecule has 20 heavy (non-hydrogen) atoms. The monoisotopic (exact) mass is 302 g/mol. The summed E-state index contributed by atoms with van der Waals surface area (Å²) in [6, 6.07) is 0. The number of ether oxygens (including phenoxy) is 3. The number of carbonyl (C=O) groups is 2. The predicted molar refractivity (Wildman–Crippen MR) is 61.3 cm³/mol. The number of carbonyl (C=O) groups excluding carboxylic acids is 2. The van der Waals surface area contributed by atoms with Gasteiger partial charge >= 0.3 is 22.1 Å². The summed E-state index contributed by atoms with van der Waals surface area (Å²) in [5.41, 5.74) is 0. The van der Waals surface area contributed by atoms with E-state index in [1.165, 1.54) is 0 Å². The van der Waals surface area contributed by atoms with E-state index in [-0.39, 0.29) is 17.9 Å². The molecule has 2 fully saturated rings. The number of hydrogen-bond acceptors (Lipinski definition) is 8. The zero-order valence-corrected chi connectivity index (χ0v) is 10.9. The molecule has 3 aliphatic heterocycles. The van der Waals surface area contributed by atoms with Gasteiger partial charge in [-0.3, -0.25) is 0 Å². The molecule has 3 aliphatic rings.